The topological polar surface area (TPSA) is 48.1 Å². The van der Waals surface area contributed by atoms with Crippen molar-refractivity contribution in [2.24, 2.45) is 0 Å². The normalized spacial score (nSPS) is 15.8. The fraction of sp³-hybridized carbons (Fsp3) is 0.160. The van der Waals surface area contributed by atoms with Gasteiger partial charge >= 0.3 is 6.03 Å². The summed E-state index contributed by atoms with van der Waals surface area (Å²) >= 11 is 0. The molecular formula is C25H22FN3O. The van der Waals surface area contributed by atoms with Crippen molar-refractivity contribution < 1.29 is 9.18 Å². The fourth-order valence-corrected chi connectivity index (χ4v) is 4.35. The second-order valence-corrected chi connectivity index (χ2v) is 7.57. The van der Waals surface area contributed by atoms with E-state index >= 15 is 0 Å². The predicted octanol–water partition coefficient (Wildman–Crippen LogP) is 5.16. The molecule has 5 heteroatoms. The molecule has 1 atom stereocenters. The van der Waals surface area contributed by atoms with Crippen molar-refractivity contribution in [3.05, 3.63) is 107 Å². The monoisotopic (exact) mass is 399 g/mol. The van der Waals surface area contributed by atoms with Crippen molar-refractivity contribution in [3.8, 4) is 0 Å². The Bertz CT molecular complexity index is 1200. The number of nitrogens with zero attached hydrogens (tertiary/aromatic N) is 1. The number of aromatic nitrogens is 1. The number of amides is 2. The highest BCUT2D eigenvalue weighted by molar-refractivity contribution is 5.86. The molecule has 1 aliphatic heterocycles. The molecule has 0 saturated heterocycles. The molecule has 1 aliphatic rings. The van der Waals surface area contributed by atoms with Gasteiger partial charge in [-0.25, -0.2) is 9.18 Å². The summed E-state index contributed by atoms with van der Waals surface area (Å²) in [4.78, 5) is 18.4. The van der Waals surface area contributed by atoms with Crippen LogP contribution in [-0.2, 0) is 13.0 Å². The quantitative estimate of drug-likeness (QED) is 0.491. The molecule has 2 amide bonds. The Hall–Kier alpha value is -3.60. The van der Waals surface area contributed by atoms with Gasteiger partial charge in [0.05, 0.1) is 0 Å². The third kappa shape index (κ3) is 3.22. The minimum atomic E-state index is -0.502. The van der Waals surface area contributed by atoms with Crippen molar-refractivity contribution in [1.29, 1.82) is 0 Å². The Morgan fingerprint density at radius 3 is 2.57 bits per heavy atom. The number of aromatic amines is 1. The average Bonchev–Trinajstić information content (AvgIpc) is 3.17. The van der Waals surface area contributed by atoms with E-state index in [1.165, 1.54) is 6.07 Å². The Morgan fingerprint density at radius 2 is 1.73 bits per heavy atom. The second-order valence-electron chi connectivity index (χ2n) is 7.57. The summed E-state index contributed by atoms with van der Waals surface area (Å²) in [5, 5.41) is 4.14. The zero-order valence-electron chi connectivity index (χ0n) is 16.4. The lowest BCUT2D eigenvalue weighted by Crippen LogP contribution is -2.46. The summed E-state index contributed by atoms with van der Waals surface area (Å²) in [6.45, 7) is 0.953. The van der Waals surface area contributed by atoms with Crippen LogP contribution in [0.5, 0.6) is 0 Å². The summed E-state index contributed by atoms with van der Waals surface area (Å²) in [6.07, 6.45) is 0.725. The first kappa shape index (κ1) is 18.4. The molecule has 0 fully saturated rings. The molecule has 0 spiro atoms. The lowest BCUT2D eigenvalue weighted by molar-refractivity contribution is 0.177. The minimum absolute atomic E-state index is 0.198. The van der Waals surface area contributed by atoms with Crippen LogP contribution >= 0.6 is 0 Å². The van der Waals surface area contributed by atoms with Crippen molar-refractivity contribution in [3.63, 3.8) is 0 Å². The van der Waals surface area contributed by atoms with Crippen LogP contribution in [0.1, 0.15) is 28.4 Å². The van der Waals surface area contributed by atoms with Gasteiger partial charge in [-0.05, 0) is 29.7 Å². The van der Waals surface area contributed by atoms with E-state index in [9.17, 15) is 9.18 Å². The molecule has 0 bridgehead atoms. The Labute approximate surface area is 174 Å². The number of nitrogens with one attached hydrogen (secondary N) is 2. The van der Waals surface area contributed by atoms with Crippen LogP contribution in [0.15, 0.2) is 78.9 Å². The first-order valence-electron chi connectivity index (χ1n) is 10.1. The molecule has 1 aromatic heterocycles. The number of urea groups is 1. The van der Waals surface area contributed by atoms with E-state index in [2.05, 4.69) is 16.4 Å². The molecule has 0 aliphatic carbocycles. The van der Waals surface area contributed by atoms with E-state index in [4.69, 9.17) is 0 Å². The minimum Gasteiger partial charge on any atom is -0.356 e. The van der Waals surface area contributed by atoms with Crippen molar-refractivity contribution in [2.75, 3.05) is 6.54 Å². The predicted molar refractivity (Wildman–Crippen MR) is 116 cm³/mol. The molecule has 150 valence electrons. The van der Waals surface area contributed by atoms with Crippen LogP contribution in [0.25, 0.3) is 10.9 Å². The van der Waals surface area contributed by atoms with E-state index < -0.39 is 6.04 Å². The summed E-state index contributed by atoms with van der Waals surface area (Å²) in [6, 6.07) is 23.9. The van der Waals surface area contributed by atoms with Crippen LogP contribution in [0.4, 0.5) is 9.18 Å². The Balaban J connectivity index is 1.53. The zero-order chi connectivity index (χ0) is 20.5. The largest absolute Gasteiger partial charge is 0.356 e. The van der Waals surface area contributed by atoms with Gasteiger partial charge in [-0.2, -0.15) is 0 Å². The van der Waals surface area contributed by atoms with Gasteiger partial charge in [0.2, 0.25) is 0 Å². The third-order valence-corrected chi connectivity index (χ3v) is 5.78. The highest BCUT2D eigenvalue weighted by atomic mass is 19.1. The van der Waals surface area contributed by atoms with Gasteiger partial charge in [-0.15, -0.1) is 0 Å². The smallest absolute Gasteiger partial charge is 0.318 e. The number of carbonyl (C=O) groups is 1. The van der Waals surface area contributed by atoms with E-state index in [-0.39, 0.29) is 11.8 Å². The number of halogens is 1. The van der Waals surface area contributed by atoms with Crippen molar-refractivity contribution >= 4 is 16.9 Å². The molecule has 2 N–H and O–H groups in total. The summed E-state index contributed by atoms with van der Waals surface area (Å²) in [7, 11) is 0. The van der Waals surface area contributed by atoms with Gasteiger partial charge in [0.1, 0.15) is 11.9 Å². The SMILES string of the molecule is O=C(NCc1ccccc1)N1CCc2c([nH]c3ccccc23)C1c1ccccc1F. The first-order chi connectivity index (χ1) is 14.7. The van der Waals surface area contributed by atoms with Crippen LogP contribution < -0.4 is 5.32 Å². The van der Waals surface area contributed by atoms with E-state index in [0.29, 0.717) is 18.7 Å². The van der Waals surface area contributed by atoms with Gasteiger partial charge in [0.25, 0.3) is 0 Å². The Morgan fingerprint density at radius 1 is 1.00 bits per heavy atom. The molecule has 2 heterocycles. The molecule has 30 heavy (non-hydrogen) atoms. The van der Waals surface area contributed by atoms with Gasteiger partial charge in [0, 0.05) is 35.2 Å². The number of benzene rings is 3. The number of hydrogen-bond donors (Lipinski definition) is 2. The second kappa shape index (κ2) is 7.67. The molecular weight excluding hydrogens is 377 g/mol. The molecule has 5 rings (SSSR count). The number of carbonyl (C=O) groups excluding carboxylic acids is 1. The van der Waals surface area contributed by atoms with Gasteiger partial charge < -0.3 is 15.2 Å². The number of H-pyrrole nitrogens is 1. The molecule has 1 unspecified atom stereocenters. The van der Waals surface area contributed by atoms with Gasteiger partial charge in [-0.1, -0.05) is 66.7 Å². The van der Waals surface area contributed by atoms with Gasteiger partial charge in [0.15, 0.2) is 0 Å². The molecule has 4 nitrogen and oxygen atoms in total. The maximum atomic E-state index is 14.8. The fourth-order valence-electron chi connectivity index (χ4n) is 4.35. The van der Waals surface area contributed by atoms with Gasteiger partial charge in [-0.3, -0.25) is 0 Å². The zero-order valence-corrected chi connectivity index (χ0v) is 16.4. The average molecular weight is 399 g/mol. The maximum absolute atomic E-state index is 14.8. The summed E-state index contributed by atoms with van der Waals surface area (Å²) in [5.74, 6) is -0.310. The summed E-state index contributed by atoms with van der Waals surface area (Å²) < 4.78 is 14.8. The highest BCUT2D eigenvalue weighted by Crippen LogP contribution is 2.39. The number of fused-ring (bicyclic) bond motifs is 3. The lowest BCUT2D eigenvalue weighted by Gasteiger charge is -2.36. The van der Waals surface area contributed by atoms with Crippen LogP contribution in [-0.4, -0.2) is 22.5 Å². The number of hydrogen-bond acceptors (Lipinski definition) is 1. The van der Waals surface area contributed by atoms with Crippen LogP contribution in [0, 0.1) is 5.82 Å². The summed E-state index contributed by atoms with van der Waals surface area (Å²) in [5.41, 5.74) is 4.58. The molecule has 4 aromatic rings. The molecule has 0 saturated carbocycles. The van der Waals surface area contributed by atoms with Crippen molar-refractivity contribution in [1.82, 2.24) is 15.2 Å². The maximum Gasteiger partial charge on any atom is 0.318 e. The first-order valence-corrected chi connectivity index (χ1v) is 10.1. The van der Waals surface area contributed by atoms with E-state index in [1.807, 2.05) is 54.6 Å². The van der Waals surface area contributed by atoms with Crippen LogP contribution in [0.2, 0.25) is 0 Å². The number of para-hydroxylation sites is 1. The molecule has 0 radical (unpaired) electrons. The number of rotatable bonds is 3. The highest BCUT2D eigenvalue weighted by Gasteiger charge is 2.35. The molecule has 3 aromatic carbocycles. The lowest BCUT2D eigenvalue weighted by atomic mass is 9.92. The standard InChI is InChI=1S/C25H22FN3O/c26-21-12-6-4-11-20(21)24-23-19(18-10-5-7-13-22(18)28-23)14-15-29(24)25(30)27-16-17-8-2-1-3-9-17/h1-13,24,28H,14-16H2,(H,27,30). The van der Waals surface area contributed by atoms with E-state index in [0.717, 1.165) is 34.1 Å². The van der Waals surface area contributed by atoms with Crippen molar-refractivity contribution in [2.45, 2.75) is 19.0 Å². The van der Waals surface area contributed by atoms with E-state index in [1.54, 1.807) is 17.0 Å². The third-order valence-electron chi connectivity index (χ3n) is 5.78. The van der Waals surface area contributed by atoms with Crippen LogP contribution in [0.3, 0.4) is 0 Å². The Kier molecular flexibility index (Phi) is 4.71.